The fraction of sp³-hybridized carbons (Fsp3) is 0.385. The van der Waals surface area contributed by atoms with Gasteiger partial charge in [0, 0.05) is 31.4 Å². The van der Waals surface area contributed by atoms with E-state index in [1.54, 1.807) is 30.3 Å². The van der Waals surface area contributed by atoms with Gasteiger partial charge in [-0.05, 0) is 12.1 Å². The molecule has 1 N–H and O–H groups in total. The third kappa shape index (κ3) is 2.45. The molecule has 0 bridgehead atoms. The summed E-state index contributed by atoms with van der Waals surface area (Å²) >= 11 is 0. The van der Waals surface area contributed by atoms with Gasteiger partial charge >= 0.3 is 0 Å². The maximum absolute atomic E-state index is 11.9. The highest BCUT2D eigenvalue weighted by atomic mass is 16.3. The molecule has 5 heteroatoms. The van der Waals surface area contributed by atoms with Crippen LogP contribution in [0.25, 0.3) is 0 Å². The molecule has 0 radical (unpaired) electrons. The molecule has 1 amide bonds. The minimum absolute atomic E-state index is 0.179. The Morgan fingerprint density at radius 1 is 1.56 bits per heavy atom. The Kier molecular flexibility index (Phi) is 3.23. The first-order chi connectivity index (χ1) is 8.50. The number of nitrogens with zero attached hydrogens (tertiary/aromatic N) is 2. The van der Waals surface area contributed by atoms with Crippen molar-refractivity contribution >= 4 is 5.91 Å². The molecular formula is C13H17N3O2. The SMILES string of the molecule is Cn1ccnc1C(=O)NCC(C)(C)c1ccco1. The second-order valence-electron chi connectivity index (χ2n) is 4.91. The van der Waals surface area contributed by atoms with E-state index in [2.05, 4.69) is 10.3 Å². The quantitative estimate of drug-likeness (QED) is 0.895. The minimum atomic E-state index is -0.246. The number of hydrogen-bond donors (Lipinski definition) is 1. The number of carbonyl (C=O) groups is 1. The molecule has 96 valence electrons. The summed E-state index contributed by atoms with van der Waals surface area (Å²) in [7, 11) is 1.79. The number of amides is 1. The van der Waals surface area contributed by atoms with E-state index in [4.69, 9.17) is 4.42 Å². The van der Waals surface area contributed by atoms with Gasteiger partial charge in [-0.1, -0.05) is 13.8 Å². The van der Waals surface area contributed by atoms with E-state index in [1.165, 1.54) is 0 Å². The number of aromatic nitrogens is 2. The molecule has 0 atom stereocenters. The summed E-state index contributed by atoms with van der Waals surface area (Å²) in [5, 5.41) is 2.87. The van der Waals surface area contributed by atoms with Crippen LogP contribution in [0.3, 0.4) is 0 Å². The van der Waals surface area contributed by atoms with Gasteiger partial charge in [0.15, 0.2) is 5.82 Å². The summed E-state index contributed by atoms with van der Waals surface area (Å²) in [5.74, 6) is 1.08. The molecule has 2 aromatic heterocycles. The van der Waals surface area contributed by atoms with Gasteiger partial charge in [-0.15, -0.1) is 0 Å². The van der Waals surface area contributed by atoms with E-state index in [-0.39, 0.29) is 11.3 Å². The topological polar surface area (TPSA) is 60.1 Å². The monoisotopic (exact) mass is 247 g/mol. The highest BCUT2D eigenvalue weighted by molar-refractivity contribution is 5.90. The Balaban J connectivity index is 2.00. The van der Waals surface area contributed by atoms with Crippen molar-refractivity contribution in [3.8, 4) is 0 Å². The molecule has 18 heavy (non-hydrogen) atoms. The average molecular weight is 247 g/mol. The third-order valence-corrected chi connectivity index (χ3v) is 2.90. The lowest BCUT2D eigenvalue weighted by Gasteiger charge is -2.22. The highest BCUT2D eigenvalue weighted by Gasteiger charge is 2.25. The Morgan fingerprint density at radius 3 is 2.89 bits per heavy atom. The van der Waals surface area contributed by atoms with Gasteiger partial charge in [0.05, 0.1) is 6.26 Å². The van der Waals surface area contributed by atoms with Gasteiger partial charge in [-0.2, -0.15) is 0 Å². The summed E-state index contributed by atoms with van der Waals surface area (Å²) in [6.07, 6.45) is 4.98. The molecule has 0 saturated heterocycles. The maximum Gasteiger partial charge on any atom is 0.287 e. The zero-order valence-corrected chi connectivity index (χ0v) is 10.8. The van der Waals surface area contributed by atoms with Gasteiger partial charge in [0.25, 0.3) is 5.91 Å². The van der Waals surface area contributed by atoms with Gasteiger partial charge in [-0.3, -0.25) is 4.79 Å². The van der Waals surface area contributed by atoms with E-state index >= 15 is 0 Å². The normalized spacial score (nSPS) is 11.5. The molecule has 0 fully saturated rings. The van der Waals surface area contributed by atoms with Crippen molar-refractivity contribution in [2.75, 3.05) is 6.54 Å². The van der Waals surface area contributed by atoms with Crippen molar-refractivity contribution in [3.63, 3.8) is 0 Å². The van der Waals surface area contributed by atoms with Crippen LogP contribution in [0.2, 0.25) is 0 Å². The molecule has 2 aromatic rings. The molecular weight excluding hydrogens is 230 g/mol. The zero-order valence-electron chi connectivity index (χ0n) is 10.8. The lowest BCUT2D eigenvalue weighted by atomic mass is 9.90. The van der Waals surface area contributed by atoms with Crippen molar-refractivity contribution in [3.05, 3.63) is 42.4 Å². The molecule has 0 aromatic carbocycles. The van der Waals surface area contributed by atoms with Crippen molar-refractivity contribution in [1.29, 1.82) is 0 Å². The van der Waals surface area contributed by atoms with Crippen LogP contribution in [0, 0.1) is 0 Å². The van der Waals surface area contributed by atoms with E-state index in [0.29, 0.717) is 12.4 Å². The highest BCUT2D eigenvalue weighted by Crippen LogP contribution is 2.22. The fourth-order valence-electron chi connectivity index (χ4n) is 1.72. The number of nitrogens with one attached hydrogen (secondary N) is 1. The zero-order chi connectivity index (χ0) is 13.2. The van der Waals surface area contributed by atoms with E-state index in [9.17, 15) is 4.79 Å². The van der Waals surface area contributed by atoms with Gasteiger partial charge in [-0.25, -0.2) is 4.98 Å². The predicted molar refractivity (Wildman–Crippen MR) is 67.3 cm³/mol. The number of rotatable bonds is 4. The molecule has 2 rings (SSSR count). The van der Waals surface area contributed by atoms with Crippen molar-refractivity contribution in [1.82, 2.24) is 14.9 Å². The fourth-order valence-corrected chi connectivity index (χ4v) is 1.72. The van der Waals surface area contributed by atoms with Crippen LogP contribution in [0.15, 0.2) is 35.2 Å². The number of carbonyl (C=O) groups excluding carboxylic acids is 1. The van der Waals surface area contributed by atoms with Crippen molar-refractivity contribution in [2.24, 2.45) is 7.05 Å². The molecule has 0 unspecified atom stereocenters. The number of hydrogen-bond acceptors (Lipinski definition) is 3. The molecule has 0 aliphatic carbocycles. The van der Waals surface area contributed by atoms with Gasteiger partial charge in [0.1, 0.15) is 5.76 Å². The smallest absolute Gasteiger partial charge is 0.287 e. The molecule has 0 aliphatic heterocycles. The minimum Gasteiger partial charge on any atom is -0.469 e. The van der Waals surface area contributed by atoms with Crippen LogP contribution < -0.4 is 5.32 Å². The van der Waals surface area contributed by atoms with Crippen LogP contribution in [0.5, 0.6) is 0 Å². The number of furan rings is 1. The lowest BCUT2D eigenvalue weighted by Crippen LogP contribution is -2.37. The Bertz CT molecular complexity index is 526. The lowest BCUT2D eigenvalue weighted by molar-refractivity contribution is 0.0930. The molecule has 0 aliphatic rings. The Hall–Kier alpha value is -2.04. The van der Waals surface area contributed by atoms with E-state index < -0.39 is 0 Å². The first-order valence-corrected chi connectivity index (χ1v) is 5.80. The molecule has 5 nitrogen and oxygen atoms in total. The van der Waals surface area contributed by atoms with Crippen LogP contribution in [0.4, 0.5) is 0 Å². The van der Waals surface area contributed by atoms with Gasteiger partial charge < -0.3 is 14.3 Å². The standard InChI is InChI=1S/C13H17N3O2/c1-13(2,10-5-4-8-18-10)9-15-12(17)11-14-6-7-16(11)3/h4-8H,9H2,1-3H3,(H,15,17). The third-order valence-electron chi connectivity index (χ3n) is 2.90. The second-order valence-corrected chi connectivity index (χ2v) is 4.91. The summed E-state index contributed by atoms with van der Waals surface area (Å²) in [6, 6.07) is 3.75. The first kappa shape index (κ1) is 12.4. The van der Waals surface area contributed by atoms with Crippen LogP contribution in [-0.4, -0.2) is 22.0 Å². The summed E-state index contributed by atoms with van der Waals surface area (Å²) < 4.78 is 7.06. The van der Waals surface area contributed by atoms with E-state index in [0.717, 1.165) is 5.76 Å². The van der Waals surface area contributed by atoms with Crippen LogP contribution >= 0.6 is 0 Å². The molecule has 0 spiro atoms. The van der Waals surface area contributed by atoms with Crippen molar-refractivity contribution in [2.45, 2.75) is 19.3 Å². The first-order valence-electron chi connectivity index (χ1n) is 5.80. The second kappa shape index (κ2) is 4.68. The van der Waals surface area contributed by atoms with Crippen LogP contribution in [-0.2, 0) is 12.5 Å². The van der Waals surface area contributed by atoms with Crippen LogP contribution in [0.1, 0.15) is 30.2 Å². The summed E-state index contributed by atoms with van der Waals surface area (Å²) in [4.78, 5) is 15.9. The largest absolute Gasteiger partial charge is 0.469 e. The Labute approximate surface area is 106 Å². The van der Waals surface area contributed by atoms with E-state index in [1.807, 2.05) is 26.0 Å². The molecule has 2 heterocycles. The maximum atomic E-state index is 11.9. The molecule has 0 saturated carbocycles. The number of aryl methyl sites for hydroxylation is 1. The number of imidazole rings is 1. The van der Waals surface area contributed by atoms with Gasteiger partial charge in [0.2, 0.25) is 0 Å². The predicted octanol–water partition coefficient (Wildman–Crippen LogP) is 1.72. The Morgan fingerprint density at radius 2 is 2.33 bits per heavy atom. The average Bonchev–Trinajstić information content (AvgIpc) is 2.96. The van der Waals surface area contributed by atoms with Crippen molar-refractivity contribution < 1.29 is 9.21 Å². The summed E-state index contributed by atoms with van der Waals surface area (Å²) in [6.45, 7) is 4.53. The summed E-state index contributed by atoms with van der Waals surface area (Å²) in [5.41, 5.74) is -0.246.